The van der Waals surface area contributed by atoms with Crippen LogP contribution < -0.4 is 0 Å². The van der Waals surface area contributed by atoms with Gasteiger partial charge in [-0.1, -0.05) is 0 Å². The molecule has 8 heteroatoms. The van der Waals surface area contributed by atoms with E-state index in [0.29, 0.717) is 0 Å². The lowest BCUT2D eigenvalue weighted by atomic mass is 10.2. The molecule has 0 saturated carbocycles. The number of rotatable bonds is 5. The van der Waals surface area contributed by atoms with Crippen molar-refractivity contribution in [2.24, 2.45) is 0 Å². The molecule has 0 aliphatic heterocycles. The Morgan fingerprint density at radius 3 is 2.06 bits per heavy atom. The third-order valence-corrected chi connectivity index (χ3v) is 3.77. The first-order chi connectivity index (χ1) is 7.94. The van der Waals surface area contributed by atoms with E-state index in [0.717, 1.165) is 26.4 Å². The molecule has 7 nitrogen and oxygen atoms in total. The Morgan fingerprint density at radius 2 is 1.71 bits per heavy atom. The predicted octanol–water partition coefficient (Wildman–Crippen LogP) is 2.22. The van der Waals surface area contributed by atoms with Crippen LogP contribution in [0.5, 0.6) is 0 Å². The standard InChI is InChI=1S/C9H10NO6P/c1-15-17(14,16-2)9(11)7-3-5-8(6-4-7)10(12)13/h3-6H,1-2H3. The van der Waals surface area contributed by atoms with E-state index in [4.69, 9.17) is 0 Å². The van der Waals surface area contributed by atoms with Crippen molar-refractivity contribution in [1.29, 1.82) is 0 Å². The van der Waals surface area contributed by atoms with Crippen LogP contribution in [0.1, 0.15) is 10.4 Å². The molecular weight excluding hydrogens is 249 g/mol. The van der Waals surface area contributed by atoms with Crippen LogP contribution in [-0.2, 0) is 13.6 Å². The van der Waals surface area contributed by atoms with Crippen LogP contribution in [0.2, 0.25) is 0 Å². The van der Waals surface area contributed by atoms with Crippen molar-refractivity contribution in [3.05, 3.63) is 39.9 Å². The Hall–Kier alpha value is -1.56. The molecule has 1 aromatic carbocycles. The molecule has 0 aliphatic carbocycles. The van der Waals surface area contributed by atoms with Gasteiger partial charge in [0.2, 0.25) is 0 Å². The molecule has 0 aromatic heterocycles. The topological polar surface area (TPSA) is 95.7 Å². The monoisotopic (exact) mass is 259 g/mol. The van der Waals surface area contributed by atoms with E-state index in [-0.39, 0.29) is 11.3 Å². The van der Waals surface area contributed by atoms with Crippen molar-refractivity contribution in [2.45, 2.75) is 0 Å². The minimum atomic E-state index is -3.84. The second kappa shape index (κ2) is 5.18. The summed E-state index contributed by atoms with van der Waals surface area (Å²) in [6.07, 6.45) is 0. The lowest BCUT2D eigenvalue weighted by Crippen LogP contribution is -2.04. The molecule has 17 heavy (non-hydrogen) atoms. The van der Waals surface area contributed by atoms with Gasteiger partial charge in [0.05, 0.1) is 4.92 Å². The molecule has 0 radical (unpaired) electrons. The minimum absolute atomic E-state index is 0.0302. The Labute approximate surface area is 97.0 Å². The lowest BCUT2D eigenvalue weighted by molar-refractivity contribution is -0.384. The second-order valence-corrected chi connectivity index (χ2v) is 5.10. The number of carbonyl (C=O) groups excluding carboxylic acids is 1. The highest BCUT2D eigenvalue weighted by Crippen LogP contribution is 2.49. The normalized spacial score (nSPS) is 11.2. The number of carbonyl (C=O) groups is 1. The summed E-state index contributed by atoms with van der Waals surface area (Å²) in [5, 5.41) is 10.4. The van der Waals surface area contributed by atoms with Crippen molar-refractivity contribution in [1.82, 2.24) is 0 Å². The highest BCUT2D eigenvalue weighted by atomic mass is 31.2. The molecule has 0 atom stereocenters. The van der Waals surface area contributed by atoms with E-state index in [9.17, 15) is 19.5 Å². The molecule has 0 aliphatic rings. The van der Waals surface area contributed by atoms with E-state index in [1.54, 1.807) is 0 Å². The largest absolute Gasteiger partial charge is 0.401 e. The molecule has 92 valence electrons. The Kier molecular flexibility index (Phi) is 4.11. The van der Waals surface area contributed by atoms with Crippen LogP contribution in [0.4, 0.5) is 5.69 Å². The number of nitro groups is 1. The van der Waals surface area contributed by atoms with Crippen LogP contribution in [-0.4, -0.2) is 24.7 Å². The fraction of sp³-hybridized carbons (Fsp3) is 0.222. The van der Waals surface area contributed by atoms with Gasteiger partial charge in [-0.3, -0.25) is 19.5 Å². The molecule has 0 unspecified atom stereocenters. The highest BCUT2D eigenvalue weighted by molar-refractivity contribution is 7.72. The summed E-state index contributed by atoms with van der Waals surface area (Å²) in [6.45, 7) is 0. The van der Waals surface area contributed by atoms with Crippen molar-refractivity contribution in [2.75, 3.05) is 14.2 Å². The minimum Gasteiger partial charge on any atom is -0.306 e. The summed E-state index contributed by atoms with van der Waals surface area (Å²) in [7, 11) is -1.66. The summed E-state index contributed by atoms with van der Waals surface area (Å²) in [5.74, 6) is 0. The van der Waals surface area contributed by atoms with E-state index in [1.807, 2.05) is 0 Å². The molecule has 0 amide bonds. The fourth-order valence-electron chi connectivity index (χ4n) is 1.12. The molecule has 0 spiro atoms. The van der Waals surface area contributed by atoms with Crippen LogP contribution in [0.15, 0.2) is 24.3 Å². The molecule has 0 bridgehead atoms. The molecular formula is C9H10NO6P. The maximum Gasteiger partial charge on any atom is 0.401 e. The van der Waals surface area contributed by atoms with Gasteiger partial charge in [0, 0.05) is 31.9 Å². The Morgan fingerprint density at radius 1 is 1.24 bits per heavy atom. The van der Waals surface area contributed by atoms with Gasteiger partial charge in [-0.25, -0.2) is 0 Å². The van der Waals surface area contributed by atoms with E-state index in [1.165, 1.54) is 12.1 Å². The molecule has 0 N–H and O–H groups in total. The maximum absolute atomic E-state index is 11.7. The van der Waals surface area contributed by atoms with Gasteiger partial charge in [0.25, 0.3) is 11.2 Å². The Balaban J connectivity index is 3.06. The highest BCUT2D eigenvalue weighted by Gasteiger charge is 2.33. The molecule has 0 saturated heterocycles. The summed E-state index contributed by atoms with van der Waals surface area (Å²) < 4.78 is 20.8. The quantitative estimate of drug-likeness (QED) is 0.457. The van der Waals surface area contributed by atoms with Gasteiger partial charge in [0.15, 0.2) is 0 Å². The SMILES string of the molecule is COP(=O)(OC)C(=O)c1ccc([N+](=O)[O-])cc1. The zero-order chi connectivity index (χ0) is 13.1. The van der Waals surface area contributed by atoms with Gasteiger partial charge < -0.3 is 9.05 Å². The van der Waals surface area contributed by atoms with Crippen LogP contribution in [0, 0.1) is 10.1 Å². The number of benzene rings is 1. The third-order valence-electron chi connectivity index (χ3n) is 2.05. The van der Waals surface area contributed by atoms with Crippen LogP contribution >= 0.6 is 7.60 Å². The summed E-state index contributed by atoms with van der Waals surface area (Å²) in [6, 6.07) is 4.68. The second-order valence-electron chi connectivity index (χ2n) is 2.97. The summed E-state index contributed by atoms with van der Waals surface area (Å²) in [4.78, 5) is 21.5. The van der Waals surface area contributed by atoms with Crippen molar-refractivity contribution in [3.8, 4) is 0 Å². The van der Waals surface area contributed by atoms with Gasteiger partial charge in [-0.15, -0.1) is 0 Å². The summed E-state index contributed by atoms with van der Waals surface area (Å²) >= 11 is 0. The lowest BCUT2D eigenvalue weighted by Gasteiger charge is -2.11. The van der Waals surface area contributed by atoms with Crippen molar-refractivity contribution < 1.29 is 23.3 Å². The van der Waals surface area contributed by atoms with Gasteiger partial charge in [-0.05, 0) is 12.1 Å². The third kappa shape index (κ3) is 2.76. The average Bonchev–Trinajstić information content (AvgIpc) is 2.37. The van der Waals surface area contributed by atoms with E-state index in [2.05, 4.69) is 9.05 Å². The van der Waals surface area contributed by atoms with Crippen molar-refractivity contribution in [3.63, 3.8) is 0 Å². The smallest absolute Gasteiger partial charge is 0.306 e. The average molecular weight is 259 g/mol. The summed E-state index contributed by atoms with van der Waals surface area (Å²) in [5.41, 5.74) is -0.966. The molecule has 0 heterocycles. The first kappa shape index (κ1) is 13.5. The van der Waals surface area contributed by atoms with Crippen LogP contribution in [0.25, 0.3) is 0 Å². The zero-order valence-electron chi connectivity index (χ0n) is 9.15. The number of hydrogen-bond acceptors (Lipinski definition) is 6. The molecule has 1 aromatic rings. The zero-order valence-corrected chi connectivity index (χ0v) is 10.0. The number of hydrogen-bond donors (Lipinski definition) is 0. The first-order valence-corrected chi connectivity index (χ1v) is 5.99. The molecule has 1 rings (SSSR count). The van der Waals surface area contributed by atoms with Gasteiger partial charge >= 0.3 is 7.60 Å². The van der Waals surface area contributed by atoms with Crippen LogP contribution in [0.3, 0.4) is 0 Å². The predicted molar refractivity (Wildman–Crippen MR) is 59.1 cm³/mol. The first-order valence-electron chi connectivity index (χ1n) is 4.45. The number of non-ortho nitro benzene ring substituents is 1. The number of nitrogens with zero attached hydrogens (tertiary/aromatic N) is 1. The van der Waals surface area contributed by atoms with E-state index >= 15 is 0 Å². The van der Waals surface area contributed by atoms with E-state index < -0.39 is 18.0 Å². The van der Waals surface area contributed by atoms with Gasteiger partial charge in [-0.2, -0.15) is 0 Å². The maximum atomic E-state index is 11.7. The molecule has 0 fully saturated rings. The van der Waals surface area contributed by atoms with Crippen molar-refractivity contribution >= 4 is 18.8 Å². The van der Waals surface area contributed by atoms with Gasteiger partial charge in [0.1, 0.15) is 0 Å². The fourth-order valence-corrected chi connectivity index (χ4v) is 2.07. The Bertz CT molecular complexity index is 475. The number of nitro benzene ring substituents is 1.